The van der Waals surface area contributed by atoms with Gasteiger partial charge in [-0.2, -0.15) is 0 Å². The van der Waals surface area contributed by atoms with Crippen LogP contribution in [0.3, 0.4) is 0 Å². The molecule has 3 atom stereocenters. The summed E-state index contributed by atoms with van der Waals surface area (Å²) in [6, 6.07) is 11.9. The van der Waals surface area contributed by atoms with Crippen LogP contribution >= 0.6 is 0 Å². The summed E-state index contributed by atoms with van der Waals surface area (Å²) in [5.41, 5.74) is 1.81. The zero-order chi connectivity index (χ0) is 18.8. The van der Waals surface area contributed by atoms with Gasteiger partial charge in [-0.25, -0.2) is 4.39 Å². The molecule has 1 saturated heterocycles. The lowest BCUT2D eigenvalue weighted by atomic mass is 9.85. The summed E-state index contributed by atoms with van der Waals surface area (Å²) in [6.07, 6.45) is 6.22. The number of amides is 1. The average molecular weight is 368 g/mol. The zero-order valence-electron chi connectivity index (χ0n) is 15.2. The quantitative estimate of drug-likeness (QED) is 0.768. The molecule has 1 aliphatic carbocycles. The van der Waals surface area contributed by atoms with Crippen molar-refractivity contribution in [3.05, 3.63) is 53.8 Å². The van der Waals surface area contributed by atoms with Gasteiger partial charge in [0.05, 0.1) is 5.56 Å². The van der Waals surface area contributed by atoms with E-state index in [0.29, 0.717) is 18.6 Å². The lowest BCUT2D eigenvalue weighted by molar-refractivity contribution is 0.0947. The van der Waals surface area contributed by atoms with Crippen LogP contribution in [0, 0.1) is 11.7 Å². The van der Waals surface area contributed by atoms with Gasteiger partial charge in [0.15, 0.2) is 0 Å². The minimum absolute atomic E-state index is 0.0496. The Hall–Kier alpha value is -2.40. The smallest absolute Gasteiger partial charge is 0.255 e. The first-order valence-corrected chi connectivity index (χ1v) is 9.73. The van der Waals surface area contributed by atoms with Crippen molar-refractivity contribution in [2.45, 2.75) is 44.2 Å². The van der Waals surface area contributed by atoms with E-state index in [9.17, 15) is 14.3 Å². The molecule has 1 aliphatic heterocycles. The highest BCUT2D eigenvalue weighted by molar-refractivity contribution is 5.98. The van der Waals surface area contributed by atoms with Gasteiger partial charge in [0.1, 0.15) is 11.6 Å². The van der Waals surface area contributed by atoms with Crippen LogP contribution in [0.5, 0.6) is 5.75 Å². The molecule has 0 unspecified atom stereocenters. The number of carbonyl (C=O) groups excluding carboxylic acids is 1. The van der Waals surface area contributed by atoms with Crippen LogP contribution in [0.25, 0.3) is 11.1 Å². The maximum atomic E-state index is 13.1. The van der Waals surface area contributed by atoms with Crippen molar-refractivity contribution in [3.8, 4) is 16.9 Å². The first-order chi connectivity index (χ1) is 13.1. The Kier molecular flexibility index (Phi) is 5.12. The molecule has 1 amide bonds. The van der Waals surface area contributed by atoms with Gasteiger partial charge < -0.3 is 15.7 Å². The maximum absolute atomic E-state index is 13.1. The second-order valence-electron chi connectivity index (χ2n) is 7.70. The molecule has 0 aromatic heterocycles. The number of fused-ring (bicyclic) bond motifs is 1. The third-order valence-electron chi connectivity index (χ3n) is 5.87. The van der Waals surface area contributed by atoms with E-state index >= 15 is 0 Å². The highest BCUT2D eigenvalue weighted by Crippen LogP contribution is 2.33. The molecule has 0 radical (unpaired) electrons. The van der Waals surface area contributed by atoms with E-state index in [4.69, 9.17) is 0 Å². The lowest BCUT2D eigenvalue weighted by Gasteiger charge is -2.24. The summed E-state index contributed by atoms with van der Waals surface area (Å²) in [6.45, 7) is 0.562. The fraction of sp³-hybridized carbons (Fsp3) is 0.409. The fourth-order valence-electron chi connectivity index (χ4n) is 4.44. The van der Waals surface area contributed by atoms with Crippen molar-refractivity contribution in [3.63, 3.8) is 0 Å². The molecule has 1 saturated carbocycles. The van der Waals surface area contributed by atoms with Crippen molar-refractivity contribution in [2.75, 3.05) is 6.54 Å². The van der Waals surface area contributed by atoms with E-state index in [-0.39, 0.29) is 23.0 Å². The van der Waals surface area contributed by atoms with Crippen molar-refractivity contribution < 1.29 is 14.3 Å². The van der Waals surface area contributed by atoms with Gasteiger partial charge in [-0.15, -0.1) is 0 Å². The standard InChI is InChI=1S/C22H25FN2O2/c23-17-8-5-14(6-9-17)15-7-10-21(26)19(12-15)22(27)24-13-18-11-16-3-1-2-4-20(16)25-18/h5-10,12,16,18,20,25-26H,1-4,11,13H2,(H,24,27)/t16-,18-,20-/m0/s1. The topological polar surface area (TPSA) is 61.4 Å². The van der Waals surface area contributed by atoms with Crippen molar-refractivity contribution in [1.29, 1.82) is 0 Å². The highest BCUT2D eigenvalue weighted by Gasteiger charge is 2.34. The van der Waals surface area contributed by atoms with Gasteiger partial charge in [0.25, 0.3) is 5.91 Å². The summed E-state index contributed by atoms with van der Waals surface area (Å²) in [5, 5.41) is 16.7. The monoisotopic (exact) mass is 368 g/mol. The Morgan fingerprint density at radius 3 is 2.63 bits per heavy atom. The predicted octanol–water partition coefficient (Wildman–Crippen LogP) is 3.85. The number of phenolic OH excluding ortho intramolecular Hbond substituents is 1. The summed E-state index contributed by atoms with van der Waals surface area (Å²) in [7, 11) is 0. The Balaban J connectivity index is 1.42. The number of phenols is 1. The van der Waals surface area contributed by atoms with Crippen LogP contribution < -0.4 is 10.6 Å². The van der Waals surface area contributed by atoms with Crippen molar-refractivity contribution >= 4 is 5.91 Å². The van der Waals surface area contributed by atoms with Gasteiger partial charge in [-0.3, -0.25) is 4.79 Å². The van der Waals surface area contributed by atoms with E-state index in [1.165, 1.54) is 43.9 Å². The zero-order valence-corrected chi connectivity index (χ0v) is 15.2. The Morgan fingerprint density at radius 1 is 1.11 bits per heavy atom. The number of benzene rings is 2. The molecule has 2 fully saturated rings. The number of carbonyl (C=O) groups is 1. The number of hydrogen-bond acceptors (Lipinski definition) is 3. The molecule has 2 aliphatic rings. The molecule has 4 nitrogen and oxygen atoms in total. The van der Waals surface area contributed by atoms with Crippen molar-refractivity contribution in [2.24, 2.45) is 5.92 Å². The highest BCUT2D eigenvalue weighted by atomic mass is 19.1. The minimum atomic E-state index is -0.305. The van der Waals surface area contributed by atoms with E-state index in [1.54, 1.807) is 24.3 Å². The van der Waals surface area contributed by atoms with Crippen LogP contribution in [0.2, 0.25) is 0 Å². The number of halogens is 1. The first kappa shape index (κ1) is 18.0. The van der Waals surface area contributed by atoms with Crippen LogP contribution in [-0.2, 0) is 0 Å². The van der Waals surface area contributed by atoms with E-state index in [0.717, 1.165) is 23.5 Å². The van der Waals surface area contributed by atoms with Crippen LogP contribution in [0.4, 0.5) is 4.39 Å². The molecule has 5 heteroatoms. The molecule has 0 spiro atoms. The second-order valence-corrected chi connectivity index (χ2v) is 7.70. The van der Waals surface area contributed by atoms with Crippen molar-refractivity contribution in [1.82, 2.24) is 10.6 Å². The fourth-order valence-corrected chi connectivity index (χ4v) is 4.44. The minimum Gasteiger partial charge on any atom is -0.507 e. The Labute approximate surface area is 158 Å². The van der Waals surface area contributed by atoms with Gasteiger partial charge in [-0.05, 0) is 60.6 Å². The number of rotatable bonds is 4. The molecule has 3 N–H and O–H groups in total. The normalized spacial score (nSPS) is 24.4. The molecule has 0 bridgehead atoms. The average Bonchev–Trinajstić information content (AvgIpc) is 3.10. The summed E-state index contributed by atoms with van der Waals surface area (Å²) in [5.74, 6) is 0.0931. The molecule has 2 aromatic rings. The molecule has 4 rings (SSSR count). The van der Waals surface area contributed by atoms with Gasteiger partial charge in [0.2, 0.25) is 0 Å². The largest absolute Gasteiger partial charge is 0.507 e. The number of aromatic hydroxyl groups is 1. The molecule has 1 heterocycles. The molecular weight excluding hydrogens is 343 g/mol. The summed E-state index contributed by atoms with van der Waals surface area (Å²) < 4.78 is 13.1. The van der Waals surface area contributed by atoms with E-state index in [2.05, 4.69) is 10.6 Å². The Bertz CT molecular complexity index is 808. The number of hydrogen-bond donors (Lipinski definition) is 3. The molecular formula is C22H25FN2O2. The second kappa shape index (κ2) is 7.69. The van der Waals surface area contributed by atoms with Gasteiger partial charge in [0, 0.05) is 18.6 Å². The van der Waals surface area contributed by atoms with E-state index in [1.807, 2.05) is 0 Å². The summed E-state index contributed by atoms with van der Waals surface area (Å²) in [4.78, 5) is 12.6. The van der Waals surface area contributed by atoms with Crippen LogP contribution in [0.1, 0.15) is 42.5 Å². The third-order valence-corrected chi connectivity index (χ3v) is 5.87. The van der Waals surface area contributed by atoms with Crippen LogP contribution in [-0.4, -0.2) is 29.6 Å². The molecule has 27 heavy (non-hydrogen) atoms. The molecule has 142 valence electrons. The van der Waals surface area contributed by atoms with Crippen LogP contribution in [0.15, 0.2) is 42.5 Å². The predicted molar refractivity (Wildman–Crippen MR) is 103 cm³/mol. The first-order valence-electron chi connectivity index (χ1n) is 9.73. The lowest BCUT2D eigenvalue weighted by Crippen LogP contribution is -2.40. The maximum Gasteiger partial charge on any atom is 0.255 e. The van der Waals surface area contributed by atoms with Gasteiger partial charge >= 0.3 is 0 Å². The number of nitrogens with one attached hydrogen (secondary N) is 2. The molecule has 2 aromatic carbocycles. The van der Waals surface area contributed by atoms with Gasteiger partial charge in [-0.1, -0.05) is 31.0 Å². The Morgan fingerprint density at radius 2 is 1.85 bits per heavy atom. The van der Waals surface area contributed by atoms with E-state index < -0.39 is 0 Å². The third kappa shape index (κ3) is 3.98. The summed E-state index contributed by atoms with van der Waals surface area (Å²) >= 11 is 0. The SMILES string of the molecule is O=C(NC[C@@H]1C[C@@H]2CCCC[C@@H]2N1)c1cc(-c2ccc(F)cc2)ccc1O.